The Kier molecular flexibility index (Phi) is 5.17. The maximum Gasteiger partial charge on any atom is 0.273 e. The molecule has 0 aliphatic rings. The fraction of sp³-hybridized carbons (Fsp3) is 0.211. The van der Waals surface area contributed by atoms with Crippen molar-refractivity contribution in [2.24, 2.45) is 0 Å². The summed E-state index contributed by atoms with van der Waals surface area (Å²) in [5.41, 5.74) is -0.800. The molecule has 0 aliphatic carbocycles. The average Bonchev–Trinajstić information content (AvgIpc) is 2.66. The second-order valence-corrected chi connectivity index (χ2v) is 5.85. The van der Waals surface area contributed by atoms with Crippen LogP contribution in [-0.4, -0.2) is 40.8 Å². The van der Waals surface area contributed by atoms with E-state index in [9.17, 15) is 14.4 Å². The number of carbonyl (C=O) groups excluding carboxylic acids is 1. The van der Waals surface area contributed by atoms with Gasteiger partial charge in [-0.2, -0.15) is 0 Å². The third-order valence-corrected chi connectivity index (χ3v) is 4.04. The Morgan fingerprint density at radius 3 is 2.42 bits per heavy atom. The number of fused-ring (bicyclic) bond motifs is 1. The Bertz CT molecular complexity index is 1020. The van der Waals surface area contributed by atoms with Gasteiger partial charge in [-0.1, -0.05) is 30.3 Å². The SMILES string of the molecule is CN(CCOc1ccccc1)C(=O)Cn1[nH]c(=O)c2ccccc2c1=O. The minimum Gasteiger partial charge on any atom is -0.492 e. The molecule has 1 heterocycles. The molecular formula is C19H19N3O4. The average molecular weight is 353 g/mol. The van der Waals surface area contributed by atoms with Gasteiger partial charge < -0.3 is 9.64 Å². The molecule has 0 bridgehead atoms. The first kappa shape index (κ1) is 17.5. The van der Waals surface area contributed by atoms with Crippen LogP contribution in [0, 0.1) is 0 Å². The van der Waals surface area contributed by atoms with Gasteiger partial charge in [0.15, 0.2) is 0 Å². The summed E-state index contributed by atoms with van der Waals surface area (Å²) in [6.07, 6.45) is 0. The van der Waals surface area contributed by atoms with Crippen molar-refractivity contribution in [3.8, 4) is 5.75 Å². The molecule has 1 aromatic heterocycles. The van der Waals surface area contributed by atoms with E-state index in [-0.39, 0.29) is 12.5 Å². The van der Waals surface area contributed by atoms with Crippen LogP contribution in [0.1, 0.15) is 0 Å². The van der Waals surface area contributed by atoms with Crippen molar-refractivity contribution >= 4 is 16.7 Å². The molecule has 1 amide bonds. The molecule has 0 atom stereocenters. The normalized spacial score (nSPS) is 10.7. The van der Waals surface area contributed by atoms with E-state index in [1.165, 1.54) is 4.90 Å². The van der Waals surface area contributed by atoms with E-state index in [0.717, 1.165) is 10.4 Å². The van der Waals surface area contributed by atoms with Crippen molar-refractivity contribution in [2.75, 3.05) is 20.2 Å². The summed E-state index contributed by atoms with van der Waals surface area (Å²) in [4.78, 5) is 38.3. The largest absolute Gasteiger partial charge is 0.492 e. The number of rotatable bonds is 6. The van der Waals surface area contributed by atoms with E-state index in [2.05, 4.69) is 5.10 Å². The number of nitrogens with one attached hydrogen (secondary N) is 1. The zero-order valence-electron chi connectivity index (χ0n) is 14.3. The zero-order chi connectivity index (χ0) is 18.5. The molecule has 26 heavy (non-hydrogen) atoms. The molecule has 0 spiro atoms. The van der Waals surface area contributed by atoms with Gasteiger partial charge >= 0.3 is 0 Å². The fourth-order valence-electron chi connectivity index (χ4n) is 2.56. The number of benzene rings is 2. The second-order valence-electron chi connectivity index (χ2n) is 5.85. The summed E-state index contributed by atoms with van der Waals surface area (Å²) in [6, 6.07) is 15.8. The molecule has 134 valence electrons. The standard InChI is InChI=1S/C19H19N3O4/c1-21(11-12-26-14-7-3-2-4-8-14)17(23)13-22-19(25)16-10-6-5-9-15(16)18(24)20-22/h2-10H,11-13H2,1H3,(H,20,24). The number of ether oxygens (including phenoxy) is 1. The van der Waals surface area contributed by atoms with Gasteiger partial charge in [0, 0.05) is 7.05 Å². The number of likely N-dealkylation sites (N-methyl/N-ethyl adjacent to an activating group) is 1. The van der Waals surface area contributed by atoms with Crippen molar-refractivity contribution < 1.29 is 9.53 Å². The molecule has 3 aromatic rings. The summed E-state index contributed by atoms with van der Waals surface area (Å²) < 4.78 is 6.60. The lowest BCUT2D eigenvalue weighted by Crippen LogP contribution is -2.39. The Labute approximate surface area is 149 Å². The number of aromatic amines is 1. The Morgan fingerprint density at radius 1 is 1.04 bits per heavy atom. The summed E-state index contributed by atoms with van der Waals surface area (Å²) in [6.45, 7) is 0.455. The van der Waals surface area contributed by atoms with Crippen LogP contribution in [0.5, 0.6) is 5.75 Å². The monoisotopic (exact) mass is 353 g/mol. The number of hydrogen-bond donors (Lipinski definition) is 1. The number of aromatic nitrogens is 2. The van der Waals surface area contributed by atoms with Crippen LogP contribution < -0.4 is 15.9 Å². The number of nitrogens with zero attached hydrogens (tertiary/aromatic N) is 2. The first-order valence-electron chi connectivity index (χ1n) is 8.20. The smallest absolute Gasteiger partial charge is 0.273 e. The fourth-order valence-corrected chi connectivity index (χ4v) is 2.56. The molecule has 0 fully saturated rings. The molecule has 2 aromatic carbocycles. The van der Waals surface area contributed by atoms with Gasteiger partial charge in [-0.3, -0.25) is 19.5 Å². The molecule has 7 heteroatoms. The Balaban J connectivity index is 1.66. The third-order valence-electron chi connectivity index (χ3n) is 4.04. The van der Waals surface area contributed by atoms with E-state index >= 15 is 0 Å². The van der Waals surface area contributed by atoms with Crippen LogP contribution in [0.25, 0.3) is 10.8 Å². The predicted molar refractivity (Wildman–Crippen MR) is 98.4 cm³/mol. The van der Waals surface area contributed by atoms with Crippen LogP contribution >= 0.6 is 0 Å². The molecule has 1 N–H and O–H groups in total. The molecular weight excluding hydrogens is 334 g/mol. The van der Waals surface area contributed by atoms with Crippen molar-refractivity contribution in [1.82, 2.24) is 14.7 Å². The lowest BCUT2D eigenvalue weighted by molar-refractivity contribution is -0.131. The van der Waals surface area contributed by atoms with Gasteiger partial charge in [0.1, 0.15) is 18.9 Å². The summed E-state index contributed by atoms with van der Waals surface area (Å²) in [5.74, 6) is 0.429. The Morgan fingerprint density at radius 2 is 1.69 bits per heavy atom. The quantitative estimate of drug-likeness (QED) is 0.722. The predicted octanol–water partition coefficient (Wildman–Crippen LogP) is 1.23. The highest BCUT2D eigenvalue weighted by Crippen LogP contribution is 2.08. The van der Waals surface area contributed by atoms with Gasteiger partial charge in [-0.15, -0.1) is 0 Å². The van der Waals surface area contributed by atoms with Crippen LogP contribution in [0.2, 0.25) is 0 Å². The van der Waals surface area contributed by atoms with Gasteiger partial charge in [0.05, 0.1) is 17.3 Å². The highest BCUT2D eigenvalue weighted by Gasteiger charge is 2.13. The van der Waals surface area contributed by atoms with Crippen molar-refractivity contribution in [2.45, 2.75) is 6.54 Å². The summed E-state index contributed by atoms with van der Waals surface area (Å²) >= 11 is 0. The highest BCUT2D eigenvalue weighted by atomic mass is 16.5. The first-order valence-corrected chi connectivity index (χ1v) is 8.20. The van der Waals surface area contributed by atoms with E-state index in [1.807, 2.05) is 30.3 Å². The summed E-state index contributed by atoms with van der Waals surface area (Å²) in [5, 5.41) is 3.06. The zero-order valence-corrected chi connectivity index (χ0v) is 14.3. The molecule has 0 aliphatic heterocycles. The van der Waals surface area contributed by atoms with Crippen LogP contribution in [0.15, 0.2) is 64.2 Å². The minimum atomic E-state index is -0.400. The lowest BCUT2D eigenvalue weighted by Gasteiger charge is -2.18. The van der Waals surface area contributed by atoms with E-state index in [1.54, 1.807) is 31.3 Å². The van der Waals surface area contributed by atoms with Crippen LogP contribution in [0.3, 0.4) is 0 Å². The number of para-hydroxylation sites is 1. The van der Waals surface area contributed by atoms with Gasteiger partial charge in [-0.05, 0) is 24.3 Å². The lowest BCUT2D eigenvalue weighted by atomic mass is 10.2. The molecule has 0 unspecified atom stereocenters. The number of carbonyl (C=O) groups is 1. The first-order chi connectivity index (χ1) is 12.6. The minimum absolute atomic E-state index is 0.235. The maximum absolute atomic E-state index is 12.4. The van der Waals surface area contributed by atoms with Crippen molar-refractivity contribution in [1.29, 1.82) is 0 Å². The van der Waals surface area contributed by atoms with Crippen LogP contribution in [-0.2, 0) is 11.3 Å². The van der Waals surface area contributed by atoms with Gasteiger partial charge in [0.2, 0.25) is 5.91 Å². The number of hydrogen-bond acceptors (Lipinski definition) is 4. The molecule has 0 radical (unpaired) electrons. The molecule has 7 nitrogen and oxygen atoms in total. The second kappa shape index (κ2) is 7.69. The number of H-pyrrole nitrogens is 1. The molecule has 0 saturated carbocycles. The molecule has 0 saturated heterocycles. The third kappa shape index (κ3) is 3.83. The van der Waals surface area contributed by atoms with E-state index < -0.39 is 11.1 Å². The van der Waals surface area contributed by atoms with Crippen molar-refractivity contribution in [3.63, 3.8) is 0 Å². The van der Waals surface area contributed by atoms with E-state index in [4.69, 9.17) is 4.74 Å². The molecule has 3 rings (SSSR count). The van der Waals surface area contributed by atoms with Crippen LogP contribution in [0.4, 0.5) is 0 Å². The topological polar surface area (TPSA) is 84.4 Å². The number of amides is 1. The maximum atomic E-state index is 12.4. The van der Waals surface area contributed by atoms with Gasteiger partial charge in [-0.25, -0.2) is 4.68 Å². The highest BCUT2D eigenvalue weighted by molar-refractivity contribution is 5.81. The van der Waals surface area contributed by atoms with E-state index in [0.29, 0.717) is 23.9 Å². The van der Waals surface area contributed by atoms with Gasteiger partial charge in [0.25, 0.3) is 11.1 Å². The van der Waals surface area contributed by atoms with Crippen molar-refractivity contribution in [3.05, 3.63) is 75.3 Å². The Hall–Kier alpha value is -3.35. The summed E-state index contributed by atoms with van der Waals surface area (Å²) in [7, 11) is 1.63.